The summed E-state index contributed by atoms with van der Waals surface area (Å²) in [6.07, 6.45) is -0.774. The van der Waals surface area contributed by atoms with Crippen molar-refractivity contribution in [3.8, 4) is 6.07 Å². The molecule has 0 fully saturated rings. The minimum absolute atomic E-state index is 0.0852. The predicted molar refractivity (Wildman–Crippen MR) is 72.0 cm³/mol. The van der Waals surface area contributed by atoms with Gasteiger partial charge in [-0.25, -0.2) is 9.59 Å². The van der Waals surface area contributed by atoms with Gasteiger partial charge in [-0.2, -0.15) is 5.26 Å². The number of carboxylic acids is 2. The molecule has 4 N–H and O–H groups in total. The number of anilines is 1. The van der Waals surface area contributed by atoms with Crippen LogP contribution in [0.1, 0.15) is 12.0 Å². The van der Waals surface area contributed by atoms with E-state index in [1.165, 1.54) is 18.2 Å². The van der Waals surface area contributed by atoms with Crippen molar-refractivity contribution in [2.24, 2.45) is 0 Å². The first-order chi connectivity index (χ1) is 9.83. The summed E-state index contributed by atoms with van der Waals surface area (Å²) < 4.78 is 0. The largest absolute Gasteiger partial charge is 0.481 e. The van der Waals surface area contributed by atoms with Crippen molar-refractivity contribution in [2.75, 3.05) is 5.32 Å². The predicted octanol–water partition coefficient (Wildman–Crippen LogP) is 1.26. The third-order valence-corrected chi connectivity index (χ3v) is 2.57. The lowest BCUT2D eigenvalue weighted by Crippen LogP contribution is -2.44. The zero-order valence-corrected chi connectivity index (χ0v) is 11.2. The molecule has 0 spiro atoms. The van der Waals surface area contributed by atoms with Crippen LogP contribution >= 0.6 is 11.6 Å². The minimum atomic E-state index is -1.59. The average Bonchev–Trinajstić information content (AvgIpc) is 2.37. The summed E-state index contributed by atoms with van der Waals surface area (Å²) in [5.41, 5.74) is 0.210. The van der Waals surface area contributed by atoms with Crippen molar-refractivity contribution in [3.63, 3.8) is 0 Å². The molecule has 21 heavy (non-hydrogen) atoms. The number of carboxylic acid groups (broad SMARTS) is 2. The topological polar surface area (TPSA) is 140 Å². The summed E-state index contributed by atoms with van der Waals surface area (Å²) in [5, 5.41) is 30.7. The first-order valence-corrected chi connectivity index (χ1v) is 5.93. The van der Waals surface area contributed by atoms with E-state index in [4.69, 9.17) is 27.1 Å². The van der Waals surface area contributed by atoms with E-state index < -0.39 is 30.4 Å². The average molecular weight is 312 g/mol. The van der Waals surface area contributed by atoms with Crippen molar-refractivity contribution in [1.82, 2.24) is 5.32 Å². The van der Waals surface area contributed by atoms with Crippen LogP contribution in [0.25, 0.3) is 0 Å². The van der Waals surface area contributed by atoms with Gasteiger partial charge in [0, 0.05) is 5.02 Å². The van der Waals surface area contributed by atoms with E-state index in [2.05, 4.69) is 5.32 Å². The highest BCUT2D eigenvalue weighted by molar-refractivity contribution is 6.31. The molecule has 0 bridgehead atoms. The number of hydrogen-bond donors (Lipinski definition) is 4. The molecule has 0 aliphatic heterocycles. The van der Waals surface area contributed by atoms with Crippen LogP contribution in [-0.4, -0.2) is 34.2 Å². The highest BCUT2D eigenvalue weighted by Gasteiger charge is 2.23. The third-order valence-electron chi connectivity index (χ3n) is 2.33. The minimum Gasteiger partial charge on any atom is -0.481 e. The number of urea groups is 1. The molecule has 0 aliphatic rings. The van der Waals surface area contributed by atoms with Crippen LogP contribution < -0.4 is 10.6 Å². The molecular weight excluding hydrogens is 302 g/mol. The normalized spacial score (nSPS) is 11.0. The number of rotatable bonds is 5. The van der Waals surface area contributed by atoms with Crippen molar-refractivity contribution >= 4 is 35.3 Å². The van der Waals surface area contributed by atoms with Gasteiger partial charge in [-0.05, 0) is 18.2 Å². The molecule has 110 valence electrons. The lowest BCUT2D eigenvalue weighted by atomic mass is 10.2. The van der Waals surface area contributed by atoms with Crippen LogP contribution in [0.3, 0.4) is 0 Å². The Labute approximate surface area is 123 Å². The van der Waals surface area contributed by atoms with E-state index in [1.807, 2.05) is 11.4 Å². The number of amides is 2. The quantitative estimate of drug-likeness (QED) is 0.645. The number of nitrogens with one attached hydrogen (secondary N) is 2. The Hall–Kier alpha value is -2.79. The summed E-state index contributed by atoms with van der Waals surface area (Å²) in [7, 11) is 0. The highest BCUT2D eigenvalue weighted by Crippen LogP contribution is 2.20. The maximum atomic E-state index is 11.7. The summed E-state index contributed by atoms with van der Waals surface area (Å²) in [6, 6.07) is 3.42. The second-order valence-corrected chi connectivity index (χ2v) is 4.33. The fraction of sp³-hybridized carbons (Fsp3) is 0.167. The maximum absolute atomic E-state index is 11.7. The Morgan fingerprint density at radius 1 is 1.33 bits per heavy atom. The number of nitriles is 1. The summed E-state index contributed by atoms with van der Waals surface area (Å²) in [6.45, 7) is 0. The molecule has 1 aromatic carbocycles. The molecule has 0 saturated carbocycles. The lowest BCUT2D eigenvalue weighted by Gasteiger charge is -2.14. The molecule has 0 aromatic heterocycles. The molecule has 9 heteroatoms. The van der Waals surface area contributed by atoms with Crippen LogP contribution in [-0.2, 0) is 9.59 Å². The molecule has 1 atom stereocenters. The van der Waals surface area contributed by atoms with Crippen LogP contribution in [0.5, 0.6) is 0 Å². The monoisotopic (exact) mass is 311 g/mol. The second kappa shape index (κ2) is 7.12. The van der Waals surface area contributed by atoms with Gasteiger partial charge in [0.2, 0.25) is 0 Å². The van der Waals surface area contributed by atoms with Crippen molar-refractivity contribution < 1.29 is 24.6 Å². The van der Waals surface area contributed by atoms with Gasteiger partial charge in [0.05, 0.1) is 17.7 Å². The van der Waals surface area contributed by atoms with E-state index >= 15 is 0 Å². The van der Waals surface area contributed by atoms with Gasteiger partial charge in [0.25, 0.3) is 0 Å². The van der Waals surface area contributed by atoms with Gasteiger partial charge in [-0.15, -0.1) is 0 Å². The molecule has 1 unspecified atom stereocenters. The number of benzene rings is 1. The van der Waals surface area contributed by atoms with Gasteiger partial charge in [0.1, 0.15) is 12.1 Å². The molecule has 0 aliphatic carbocycles. The number of carbonyl (C=O) groups is 3. The summed E-state index contributed by atoms with van der Waals surface area (Å²) >= 11 is 5.73. The van der Waals surface area contributed by atoms with Crippen molar-refractivity contribution in [3.05, 3.63) is 28.8 Å². The van der Waals surface area contributed by atoms with E-state index in [-0.39, 0.29) is 16.3 Å². The third kappa shape index (κ3) is 5.00. The molecule has 8 nitrogen and oxygen atoms in total. The molecular formula is C12H10ClN3O5. The van der Waals surface area contributed by atoms with E-state index in [1.54, 1.807) is 0 Å². The zero-order valence-electron chi connectivity index (χ0n) is 10.5. The number of aliphatic carboxylic acids is 2. The molecule has 0 saturated heterocycles. The fourth-order valence-corrected chi connectivity index (χ4v) is 1.58. The van der Waals surface area contributed by atoms with Gasteiger partial charge in [-0.1, -0.05) is 11.6 Å². The Morgan fingerprint density at radius 3 is 2.52 bits per heavy atom. The Morgan fingerprint density at radius 2 is 2.00 bits per heavy atom. The standard InChI is InChI=1S/C12H10ClN3O5/c13-7-2-1-6(5-14)8(3-7)15-12(21)16-9(11(19)20)4-10(17)18/h1-3,9H,4H2,(H,17,18)(H,19,20)(H2,15,16,21). The molecule has 2 amide bonds. The number of carbonyl (C=O) groups excluding carboxylic acids is 1. The second-order valence-electron chi connectivity index (χ2n) is 3.89. The van der Waals surface area contributed by atoms with Gasteiger partial charge in [-0.3, -0.25) is 4.79 Å². The Balaban J connectivity index is 2.81. The van der Waals surface area contributed by atoms with Crippen LogP contribution in [0.2, 0.25) is 5.02 Å². The van der Waals surface area contributed by atoms with E-state index in [0.29, 0.717) is 0 Å². The molecule has 0 radical (unpaired) electrons. The van der Waals surface area contributed by atoms with Gasteiger partial charge < -0.3 is 20.8 Å². The highest BCUT2D eigenvalue weighted by atomic mass is 35.5. The Kier molecular flexibility index (Phi) is 5.51. The van der Waals surface area contributed by atoms with Gasteiger partial charge >= 0.3 is 18.0 Å². The number of nitrogens with zero attached hydrogens (tertiary/aromatic N) is 1. The maximum Gasteiger partial charge on any atom is 0.326 e. The SMILES string of the molecule is N#Cc1ccc(Cl)cc1NC(=O)NC(CC(=O)O)C(=O)O. The van der Waals surface area contributed by atoms with Crippen molar-refractivity contribution in [1.29, 1.82) is 5.26 Å². The zero-order chi connectivity index (χ0) is 16.0. The van der Waals surface area contributed by atoms with E-state index in [9.17, 15) is 14.4 Å². The van der Waals surface area contributed by atoms with Crippen LogP contribution in [0.15, 0.2) is 18.2 Å². The summed E-state index contributed by atoms with van der Waals surface area (Å²) in [5.74, 6) is -2.86. The van der Waals surface area contributed by atoms with E-state index in [0.717, 1.165) is 0 Å². The lowest BCUT2D eigenvalue weighted by molar-refractivity contribution is -0.145. The first kappa shape index (κ1) is 16.3. The first-order valence-electron chi connectivity index (χ1n) is 5.55. The molecule has 0 heterocycles. The molecule has 1 aromatic rings. The fourth-order valence-electron chi connectivity index (χ4n) is 1.41. The van der Waals surface area contributed by atoms with Crippen LogP contribution in [0.4, 0.5) is 10.5 Å². The summed E-state index contributed by atoms with van der Waals surface area (Å²) in [4.78, 5) is 33.0. The van der Waals surface area contributed by atoms with Gasteiger partial charge in [0.15, 0.2) is 0 Å². The Bertz CT molecular complexity index is 626. The van der Waals surface area contributed by atoms with Crippen molar-refractivity contribution in [2.45, 2.75) is 12.5 Å². The van der Waals surface area contributed by atoms with Crippen LogP contribution in [0, 0.1) is 11.3 Å². The molecule has 1 rings (SSSR count). The smallest absolute Gasteiger partial charge is 0.326 e. The number of hydrogen-bond acceptors (Lipinski definition) is 4. The number of halogens is 1.